The van der Waals surface area contributed by atoms with Crippen LogP contribution in [0.1, 0.15) is 30.1 Å². The number of nitrogens with one attached hydrogen (secondary N) is 2. The van der Waals surface area contributed by atoms with Gasteiger partial charge in [-0.15, -0.1) is 0 Å². The zero-order chi connectivity index (χ0) is 19.3. The second kappa shape index (κ2) is 8.39. The van der Waals surface area contributed by atoms with E-state index in [4.69, 9.17) is 0 Å². The van der Waals surface area contributed by atoms with Crippen molar-refractivity contribution in [3.63, 3.8) is 0 Å². The highest BCUT2D eigenvalue weighted by atomic mass is 16.2. The number of carbonyl (C=O) groups excluding carboxylic acids is 1. The molecule has 7 nitrogen and oxygen atoms in total. The van der Waals surface area contributed by atoms with Gasteiger partial charge in [0.1, 0.15) is 6.54 Å². The van der Waals surface area contributed by atoms with Crippen molar-refractivity contribution in [1.82, 2.24) is 30.2 Å². The largest absolute Gasteiger partial charge is 0.338 e. The first-order valence-electron chi connectivity index (χ1n) is 9.77. The summed E-state index contributed by atoms with van der Waals surface area (Å²) in [5, 5.41) is 15.4. The van der Waals surface area contributed by atoms with Gasteiger partial charge >= 0.3 is 0 Å². The Morgan fingerprint density at radius 1 is 1.29 bits per heavy atom. The molecule has 1 aliphatic rings. The van der Waals surface area contributed by atoms with E-state index in [0.29, 0.717) is 12.5 Å². The standard InChI is InChI=1S/C21H26N6O/c1-26(14-18-12-20(24-23-18)16-6-3-2-4-7-16)21(28)15-27-11-9-19(25-27)17-8-5-10-22-13-17/h2-4,6-7,9,11-12,17,22H,5,8,10,13-15H2,1H3,(H,23,24)/t17-/m1/s1. The summed E-state index contributed by atoms with van der Waals surface area (Å²) in [4.78, 5) is 14.3. The Balaban J connectivity index is 1.34. The van der Waals surface area contributed by atoms with Gasteiger partial charge in [0.15, 0.2) is 0 Å². The summed E-state index contributed by atoms with van der Waals surface area (Å²) >= 11 is 0. The van der Waals surface area contributed by atoms with Crippen LogP contribution in [0.5, 0.6) is 0 Å². The predicted molar refractivity (Wildman–Crippen MR) is 108 cm³/mol. The number of benzene rings is 1. The first-order chi connectivity index (χ1) is 13.7. The fraction of sp³-hybridized carbons (Fsp3) is 0.381. The van der Waals surface area contributed by atoms with Crippen molar-refractivity contribution < 1.29 is 4.79 Å². The minimum absolute atomic E-state index is 0.0206. The average molecular weight is 378 g/mol. The molecule has 2 aromatic heterocycles. The molecule has 0 bridgehead atoms. The number of likely N-dealkylation sites (N-methyl/N-ethyl adjacent to an activating group) is 1. The van der Waals surface area contributed by atoms with Crippen molar-refractivity contribution >= 4 is 5.91 Å². The lowest BCUT2D eigenvalue weighted by Crippen LogP contribution is -2.30. The highest BCUT2D eigenvalue weighted by Crippen LogP contribution is 2.21. The van der Waals surface area contributed by atoms with E-state index in [9.17, 15) is 4.79 Å². The van der Waals surface area contributed by atoms with Gasteiger partial charge in [-0.25, -0.2) is 0 Å². The van der Waals surface area contributed by atoms with Crippen molar-refractivity contribution in [3.05, 3.63) is 60.0 Å². The van der Waals surface area contributed by atoms with Gasteiger partial charge in [0.05, 0.1) is 23.6 Å². The van der Waals surface area contributed by atoms with E-state index in [1.807, 2.05) is 48.7 Å². The molecule has 0 spiro atoms. The first-order valence-corrected chi connectivity index (χ1v) is 9.77. The Morgan fingerprint density at radius 3 is 2.93 bits per heavy atom. The molecular formula is C21H26N6O. The third-order valence-corrected chi connectivity index (χ3v) is 5.21. The number of aromatic nitrogens is 4. The van der Waals surface area contributed by atoms with Gasteiger partial charge in [0, 0.05) is 31.3 Å². The number of hydrogen-bond donors (Lipinski definition) is 2. The number of hydrogen-bond acceptors (Lipinski definition) is 4. The molecule has 1 fully saturated rings. The number of aromatic amines is 1. The molecule has 1 amide bonds. The Hall–Kier alpha value is -2.93. The molecule has 1 aromatic carbocycles. The molecule has 3 aromatic rings. The number of carbonyl (C=O) groups is 1. The zero-order valence-corrected chi connectivity index (χ0v) is 16.1. The molecule has 2 N–H and O–H groups in total. The molecule has 7 heteroatoms. The van der Waals surface area contributed by atoms with Gasteiger partial charge in [-0.1, -0.05) is 30.3 Å². The third kappa shape index (κ3) is 4.31. The lowest BCUT2D eigenvalue weighted by atomic mass is 9.97. The highest BCUT2D eigenvalue weighted by molar-refractivity contribution is 5.75. The molecule has 0 radical (unpaired) electrons. The first kappa shape index (κ1) is 18.4. The lowest BCUT2D eigenvalue weighted by Gasteiger charge is -2.20. The van der Waals surface area contributed by atoms with Crippen LogP contribution in [0.2, 0.25) is 0 Å². The monoisotopic (exact) mass is 378 g/mol. The number of H-pyrrole nitrogens is 1. The average Bonchev–Trinajstić information content (AvgIpc) is 3.39. The van der Waals surface area contributed by atoms with Crippen LogP contribution in [0.3, 0.4) is 0 Å². The Bertz CT molecular complexity index is 910. The van der Waals surface area contributed by atoms with Gasteiger partial charge in [-0.05, 0) is 31.5 Å². The van der Waals surface area contributed by atoms with E-state index in [1.165, 1.54) is 6.42 Å². The second-order valence-electron chi connectivity index (χ2n) is 7.38. The SMILES string of the molecule is CN(Cc1cc(-c2ccccc2)n[nH]1)C(=O)Cn1ccc([C@@H]2CCCNC2)n1. The van der Waals surface area contributed by atoms with E-state index < -0.39 is 0 Å². The summed E-state index contributed by atoms with van der Waals surface area (Å²) in [5.74, 6) is 0.469. The number of nitrogens with zero attached hydrogens (tertiary/aromatic N) is 4. The third-order valence-electron chi connectivity index (χ3n) is 5.21. The number of rotatable bonds is 6. The van der Waals surface area contributed by atoms with Gasteiger partial charge in [0.2, 0.25) is 5.91 Å². The number of amides is 1. The fourth-order valence-electron chi connectivity index (χ4n) is 3.59. The normalized spacial score (nSPS) is 16.8. The molecule has 1 saturated heterocycles. The maximum Gasteiger partial charge on any atom is 0.244 e. The van der Waals surface area contributed by atoms with Crippen molar-refractivity contribution in [2.24, 2.45) is 0 Å². The smallest absolute Gasteiger partial charge is 0.244 e. The van der Waals surface area contributed by atoms with Crippen LogP contribution in [0.25, 0.3) is 11.3 Å². The minimum Gasteiger partial charge on any atom is -0.338 e. The molecule has 3 heterocycles. The maximum absolute atomic E-state index is 12.6. The van der Waals surface area contributed by atoms with Crippen molar-refractivity contribution in [1.29, 1.82) is 0 Å². The van der Waals surface area contributed by atoms with Crippen LogP contribution in [-0.4, -0.2) is 50.9 Å². The maximum atomic E-state index is 12.6. The summed E-state index contributed by atoms with van der Waals surface area (Å²) in [7, 11) is 1.81. The summed E-state index contributed by atoms with van der Waals surface area (Å²) in [6.07, 6.45) is 4.23. The van der Waals surface area contributed by atoms with Crippen LogP contribution < -0.4 is 5.32 Å². The molecule has 0 aliphatic carbocycles. The molecule has 0 saturated carbocycles. The number of piperidine rings is 1. The van der Waals surface area contributed by atoms with Crippen molar-refractivity contribution in [2.75, 3.05) is 20.1 Å². The fourth-order valence-corrected chi connectivity index (χ4v) is 3.59. The van der Waals surface area contributed by atoms with Gasteiger partial charge in [-0.2, -0.15) is 10.2 Å². The Kier molecular flexibility index (Phi) is 5.53. The zero-order valence-electron chi connectivity index (χ0n) is 16.1. The Morgan fingerprint density at radius 2 is 2.14 bits per heavy atom. The summed E-state index contributed by atoms with van der Waals surface area (Å²) < 4.78 is 1.74. The van der Waals surface area contributed by atoms with Gasteiger partial charge in [0.25, 0.3) is 0 Å². The van der Waals surface area contributed by atoms with E-state index in [-0.39, 0.29) is 12.5 Å². The van der Waals surface area contributed by atoms with E-state index in [1.54, 1.807) is 16.6 Å². The summed E-state index contributed by atoms with van der Waals surface area (Å²) in [6.45, 7) is 2.78. The summed E-state index contributed by atoms with van der Waals surface area (Å²) in [5.41, 5.74) is 3.92. The molecular weight excluding hydrogens is 352 g/mol. The van der Waals surface area contributed by atoms with Gasteiger partial charge < -0.3 is 10.2 Å². The molecule has 1 atom stereocenters. The minimum atomic E-state index is 0.0206. The van der Waals surface area contributed by atoms with E-state index in [2.05, 4.69) is 20.6 Å². The molecule has 1 aliphatic heterocycles. The van der Waals surface area contributed by atoms with E-state index >= 15 is 0 Å². The van der Waals surface area contributed by atoms with Crippen LogP contribution >= 0.6 is 0 Å². The molecule has 146 valence electrons. The van der Waals surface area contributed by atoms with Crippen LogP contribution in [0.15, 0.2) is 48.7 Å². The molecule has 28 heavy (non-hydrogen) atoms. The summed E-state index contributed by atoms with van der Waals surface area (Å²) in [6, 6.07) is 14.0. The van der Waals surface area contributed by atoms with Gasteiger partial charge in [-0.3, -0.25) is 14.6 Å². The molecule has 4 rings (SSSR count). The van der Waals surface area contributed by atoms with E-state index in [0.717, 1.165) is 42.2 Å². The quantitative estimate of drug-likeness (QED) is 0.690. The second-order valence-corrected chi connectivity index (χ2v) is 7.38. The van der Waals surface area contributed by atoms with Crippen LogP contribution in [0.4, 0.5) is 0 Å². The predicted octanol–water partition coefficient (Wildman–Crippen LogP) is 2.40. The van der Waals surface area contributed by atoms with Crippen molar-refractivity contribution in [2.45, 2.75) is 31.8 Å². The Labute approximate surface area is 164 Å². The topological polar surface area (TPSA) is 78.8 Å². The highest BCUT2D eigenvalue weighted by Gasteiger charge is 2.18. The van der Waals surface area contributed by atoms with Crippen molar-refractivity contribution in [3.8, 4) is 11.3 Å². The van der Waals surface area contributed by atoms with Crippen LogP contribution in [-0.2, 0) is 17.9 Å². The lowest BCUT2D eigenvalue weighted by molar-refractivity contribution is -0.131. The van der Waals surface area contributed by atoms with Crippen LogP contribution in [0, 0.1) is 0 Å². The molecule has 0 unspecified atom stereocenters.